The lowest BCUT2D eigenvalue weighted by Crippen LogP contribution is -1.84. The quantitative estimate of drug-likeness (QED) is 0.530. The van der Waals surface area contributed by atoms with Crippen molar-refractivity contribution in [1.82, 2.24) is 0 Å². The van der Waals surface area contributed by atoms with Crippen LogP contribution in [0.3, 0.4) is 0 Å². The molecule has 1 aromatic rings. The SMILES string of the molecule is Cc1cccc(CSCCCl)c1. The molecule has 0 nitrogen and oxygen atoms in total. The number of hydrogen-bond acceptors (Lipinski definition) is 1. The van der Waals surface area contributed by atoms with E-state index in [2.05, 4.69) is 31.2 Å². The van der Waals surface area contributed by atoms with Gasteiger partial charge in [0.25, 0.3) is 0 Å². The zero-order chi connectivity index (χ0) is 8.81. The zero-order valence-electron chi connectivity index (χ0n) is 7.22. The van der Waals surface area contributed by atoms with Gasteiger partial charge < -0.3 is 0 Å². The van der Waals surface area contributed by atoms with Crippen LogP contribution in [0, 0.1) is 6.92 Å². The maximum atomic E-state index is 5.58. The Hall–Kier alpha value is -0.140. The first-order valence-corrected chi connectivity index (χ1v) is 5.71. The number of aryl methyl sites for hydroxylation is 1. The fourth-order valence-electron chi connectivity index (χ4n) is 1.05. The van der Waals surface area contributed by atoms with Crippen LogP contribution < -0.4 is 0 Å². The Morgan fingerprint density at radius 3 is 2.92 bits per heavy atom. The van der Waals surface area contributed by atoms with Gasteiger partial charge in [0.1, 0.15) is 0 Å². The molecule has 0 atom stereocenters. The van der Waals surface area contributed by atoms with Crippen LogP contribution in [0.15, 0.2) is 24.3 Å². The third-order valence-corrected chi connectivity index (χ3v) is 3.02. The predicted octanol–water partition coefficient (Wildman–Crippen LogP) is 3.47. The van der Waals surface area contributed by atoms with Crippen LogP contribution in [0.25, 0.3) is 0 Å². The molecule has 0 aromatic heterocycles. The fraction of sp³-hybridized carbons (Fsp3) is 0.400. The smallest absolute Gasteiger partial charge is 0.0314 e. The van der Waals surface area contributed by atoms with Crippen molar-refractivity contribution >= 4 is 23.4 Å². The van der Waals surface area contributed by atoms with Gasteiger partial charge in [0, 0.05) is 17.4 Å². The van der Waals surface area contributed by atoms with Crippen LogP contribution in [0.1, 0.15) is 11.1 Å². The molecule has 0 aliphatic carbocycles. The Balaban J connectivity index is 2.41. The number of benzene rings is 1. The van der Waals surface area contributed by atoms with Gasteiger partial charge >= 0.3 is 0 Å². The summed E-state index contributed by atoms with van der Waals surface area (Å²) in [5.41, 5.74) is 2.73. The van der Waals surface area contributed by atoms with Crippen molar-refractivity contribution in [2.45, 2.75) is 12.7 Å². The first-order chi connectivity index (χ1) is 5.83. The molecule has 1 aromatic carbocycles. The standard InChI is InChI=1S/C10H13ClS/c1-9-3-2-4-10(7-9)8-12-6-5-11/h2-4,7H,5-6,8H2,1H3. The summed E-state index contributed by atoms with van der Waals surface area (Å²) < 4.78 is 0. The normalized spacial score (nSPS) is 10.2. The first-order valence-electron chi connectivity index (χ1n) is 4.02. The van der Waals surface area contributed by atoms with Crippen LogP contribution in [-0.4, -0.2) is 11.6 Å². The maximum absolute atomic E-state index is 5.58. The summed E-state index contributed by atoms with van der Waals surface area (Å²) in [6.45, 7) is 2.12. The van der Waals surface area contributed by atoms with Crippen LogP contribution in [0.5, 0.6) is 0 Å². The van der Waals surface area contributed by atoms with Crippen LogP contribution in [0.2, 0.25) is 0 Å². The molecule has 0 saturated carbocycles. The van der Waals surface area contributed by atoms with E-state index in [1.807, 2.05) is 11.8 Å². The molecule has 2 heteroatoms. The predicted molar refractivity (Wildman–Crippen MR) is 58.1 cm³/mol. The highest BCUT2D eigenvalue weighted by Crippen LogP contribution is 2.13. The van der Waals surface area contributed by atoms with Gasteiger partial charge in [-0.3, -0.25) is 0 Å². The highest BCUT2D eigenvalue weighted by Gasteiger charge is 1.92. The molecule has 0 bridgehead atoms. The molecule has 0 heterocycles. The van der Waals surface area contributed by atoms with Crippen molar-refractivity contribution in [2.75, 3.05) is 11.6 Å². The molecule has 0 saturated heterocycles. The van der Waals surface area contributed by atoms with Crippen LogP contribution in [-0.2, 0) is 5.75 Å². The molecule has 0 radical (unpaired) electrons. The van der Waals surface area contributed by atoms with Gasteiger partial charge in [-0.15, -0.1) is 11.6 Å². The van der Waals surface area contributed by atoms with Gasteiger partial charge in [0.2, 0.25) is 0 Å². The molecular formula is C10H13ClS. The minimum atomic E-state index is 0.747. The molecule has 0 unspecified atom stereocenters. The summed E-state index contributed by atoms with van der Waals surface area (Å²) >= 11 is 7.46. The summed E-state index contributed by atoms with van der Waals surface area (Å²) in [6, 6.07) is 8.61. The number of halogens is 1. The van der Waals surface area contributed by atoms with E-state index in [4.69, 9.17) is 11.6 Å². The van der Waals surface area contributed by atoms with Crippen molar-refractivity contribution in [3.05, 3.63) is 35.4 Å². The average molecular weight is 201 g/mol. The van der Waals surface area contributed by atoms with Gasteiger partial charge in [-0.05, 0) is 12.5 Å². The Morgan fingerprint density at radius 1 is 1.42 bits per heavy atom. The van der Waals surface area contributed by atoms with E-state index in [0.717, 1.165) is 17.4 Å². The highest BCUT2D eigenvalue weighted by molar-refractivity contribution is 7.98. The number of alkyl halides is 1. The van der Waals surface area contributed by atoms with Crippen molar-refractivity contribution in [3.8, 4) is 0 Å². The van der Waals surface area contributed by atoms with Crippen molar-refractivity contribution in [3.63, 3.8) is 0 Å². The third kappa shape index (κ3) is 3.51. The van der Waals surface area contributed by atoms with E-state index in [1.54, 1.807) is 0 Å². The molecule has 0 amide bonds. The Morgan fingerprint density at radius 2 is 2.25 bits per heavy atom. The van der Waals surface area contributed by atoms with Gasteiger partial charge in [-0.2, -0.15) is 11.8 Å². The molecule has 0 fully saturated rings. The fourth-order valence-corrected chi connectivity index (χ4v) is 2.04. The van der Waals surface area contributed by atoms with E-state index >= 15 is 0 Å². The lowest BCUT2D eigenvalue weighted by atomic mass is 10.2. The first kappa shape index (κ1) is 9.94. The second-order valence-electron chi connectivity index (χ2n) is 2.73. The van der Waals surface area contributed by atoms with E-state index in [0.29, 0.717) is 0 Å². The Labute approximate surface area is 83.3 Å². The number of thioether (sulfide) groups is 1. The van der Waals surface area contributed by atoms with Crippen LogP contribution >= 0.6 is 23.4 Å². The van der Waals surface area contributed by atoms with Gasteiger partial charge in [-0.1, -0.05) is 29.8 Å². The summed E-state index contributed by atoms with van der Waals surface area (Å²) in [4.78, 5) is 0. The second-order valence-corrected chi connectivity index (χ2v) is 4.21. The minimum Gasteiger partial charge on any atom is -0.156 e. The van der Waals surface area contributed by atoms with E-state index in [9.17, 15) is 0 Å². The van der Waals surface area contributed by atoms with Crippen molar-refractivity contribution < 1.29 is 0 Å². The molecule has 12 heavy (non-hydrogen) atoms. The lowest BCUT2D eigenvalue weighted by molar-refractivity contribution is 1.35. The van der Waals surface area contributed by atoms with Crippen molar-refractivity contribution in [1.29, 1.82) is 0 Å². The Kier molecular flexibility index (Phi) is 4.55. The van der Waals surface area contributed by atoms with E-state index < -0.39 is 0 Å². The topological polar surface area (TPSA) is 0 Å². The molecule has 0 aliphatic rings. The van der Waals surface area contributed by atoms with Gasteiger partial charge in [0.15, 0.2) is 0 Å². The van der Waals surface area contributed by atoms with Crippen molar-refractivity contribution in [2.24, 2.45) is 0 Å². The highest BCUT2D eigenvalue weighted by atomic mass is 35.5. The average Bonchev–Trinajstić information content (AvgIpc) is 2.05. The largest absolute Gasteiger partial charge is 0.156 e. The molecule has 1 rings (SSSR count). The molecule has 0 spiro atoms. The monoisotopic (exact) mass is 200 g/mol. The summed E-state index contributed by atoms with van der Waals surface area (Å²) in [5.74, 6) is 2.86. The summed E-state index contributed by atoms with van der Waals surface area (Å²) in [5, 5.41) is 0. The number of hydrogen-bond donors (Lipinski definition) is 0. The minimum absolute atomic E-state index is 0.747. The molecular weight excluding hydrogens is 188 g/mol. The third-order valence-electron chi connectivity index (χ3n) is 1.57. The number of rotatable bonds is 4. The van der Waals surface area contributed by atoms with E-state index in [-0.39, 0.29) is 0 Å². The van der Waals surface area contributed by atoms with Gasteiger partial charge in [-0.25, -0.2) is 0 Å². The molecule has 66 valence electrons. The Bertz CT molecular complexity index is 235. The summed E-state index contributed by atoms with van der Waals surface area (Å²) in [7, 11) is 0. The van der Waals surface area contributed by atoms with Crippen LogP contribution in [0.4, 0.5) is 0 Å². The molecule has 0 aliphatic heterocycles. The molecule has 0 N–H and O–H groups in total. The van der Waals surface area contributed by atoms with Gasteiger partial charge in [0.05, 0.1) is 0 Å². The maximum Gasteiger partial charge on any atom is 0.0314 e. The lowest BCUT2D eigenvalue weighted by Gasteiger charge is -2.00. The zero-order valence-corrected chi connectivity index (χ0v) is 8.79. The van der Waals surface area contributed by atoms with E-state index in [1.165, 1.54) is 11.1 Å². The second kappa shape index (κ2) is 5.50. The summed E-state index contributed by atoms with van der Waals surface area (Å²) in [6.07, 6.45) is 0.